The molecular weight excluding hydrogens is 366 g/mol. The Morgan fingerprint density at radius 3 is 2.28 bits per heavy atom. The lowest BCUT2D eigenvalue weighted by molar-refractivity contribution is -0.137. The fraction of sp³-hybridized carbons (Fsp3) is 0.304. The zero-order valence-corrected chi connectivity index (χ0v) is 16.6. The van der Waals surface area contributed by atoms with Crippen molar-refractivity contribution in [3.8, 4) is 0 Å². The Morgan fingerprint density at radius 1 is 0.897 bits per heavy atom. The second kappa shape index (κ2) is 8.59. The average Bonchev–Trinajstić information content (AvgIpc) is 2.98. The minimum absolute atomic E-state index is 0.245. The number of aryl methyl sites for hydroxylation is 1. The molecule has 29 heavy (non-hydrogen) atoms. The number of morpholine rings is 1. The number of nitrogens with zero attached hydrogens (tertiary/aromatic N) is 2. The predicted octanol–water partition coefficient (Wildman–Crippen LogP) is 2.52. The zero-order valence-electron chi connectivity index (χ0n) is 16.6. The molecule has 0 aromatic heterocycles. The van der Waals surface area contributed by atoms with Crippen LogP contribution in [-0.4, -0.2) is 61.0 Å². The highest BCUT2D eigenvalue weighted by Gasteiger charge is 2.39. The first kappa shape index (κ1) is 19.4. The van der Waals surface area contributed by atoms with E-state index in [0.29, 0.717) is 37.6 Å². The summed E-state index contributed by atoms with van der Waals surface area (Å²) in [5.74, 6) is -0.520. The van der Waals surface area contributed by atoms with E-state index < -0.39 is 0 Å². The number of para-hydroxylation sites is 1. The number of carbonyl (C=O) groups excluding carboxylic acids is 2. The third-order valence-electron chi connectivity index (χ3n) is 5.29. The van der Waals surface area contributed by atoms with Crippen LogP contribution in [0.1, 0.15) is 11.1 Å². The van der Waals surface area contributed by atoms with E-state index in [0.717, 1.165) is 29.9 Å². The van der Waals surface area contributed by atoms with Crippen LogP contribution in [0.15, 0.2) is 60.3 Å². The van der Waals surface area contributed by atoms with Crippen molar-refractivity contribution in [3.05, 3.63) is 71.4 Å². The molecule has 6 nitrogen and oxygen atoms in total. The van der Waals surface area contributed by atoms with Gasteiger partial charge in [-0.05, 0) is 24.6 Å². The quantitative estimate of drug-likeness (QED) is 0.767. The Labute approximate surface area is 170 Å². The van der Waals surface area contributed by atoms with Crippen molar-refractivity contribution in [2.75, 3.05) is 44.7 Å². The maximum Gasteiger partial charge on any atom is 0.278 e. The smallest absolute Gasteiger partial charge is 0.278 e. The molecule has 0 spiro atoms. The van der Waals surface area contributed by atoms with Crippen LogP contribution in [0.4, 0.5) is 5.69 Å². The van der Waals surface area contributed by atoms with E-state index in [4.69, 9.17) is 4.74 Å². The summed E-state index contributed by atoms with van der Waals surface area (Å²) >= 11 is 0. The molecule has 2 heterocycles. The van der Waals surface area contributed by atoms with E-state index in [1.165, 1.54) is 4.90 Å². The van der Waals surface area contributed by atoms with Gasteiger partial charge >= 0.3 is 0 Å². The highest BCUT2D eigenvalue weighted by Crippen LogP contribution is 2.30. The van der Waals surface area contributed by atoms with Gasteiger partial charge in [-0.15, -0.1) is 0 Å². The fourth-order valence-electron chi connectivity index (χ4n) is 3.62. The van der Waals surface area contributed by atoms with Crippen LogP contribution in [0.2, 0.25) is 0 Å². The lowest BCUT2D eigenvalue weighted by Crippen LogP contribution is -2.43. The molecule has 0 atom stereocenters. The third kappa shape index (κ3) is 4.23. The van der Waals surface area contributed by atoms with Gasteiger partial charge in [-0.2, -0.15) is 0 Å². The van der Waals surface area contributed by atoms with Crippen molar-refractivity contribution < 1.29 is 14.3 Å². The highest BCUT2D eigenvalue weighted by atomic mass is 16.5. The molecule has 2 aliphatic rings. The molecule has 2 amide bonds. The summed E-state index contributed by atoms with van der Waals surface area (Å²) in [4.78, 5) is 30.0. The molecular formula is C23H25N3O3. The summed E-state index contributed by atoms with van der Waals surface area (Å²) in [6.45, 7) is 6.05. The van der Waals surface area contributed by atoms with E-state index >= 15 is 0 Å². The van der Waals surface area contributed by atoms with E-state index in [9.17, 15) is 9.59 Å². The standard InChI is InChI=1S/C23H25N3O3/c1-17-7-9-18(10-8-17)20-21(24-19-5-3-2-4-6-19)23(28)26(22(20)27)12-11-25-13-15-29-16-14-25/h2-10,24H,11-16H2,1H3. The first-order valence-electron chi connectivity index (χ1n) is 9.93. The van der Waals surface area contributed by atoms with Gasteiger partial charge in [0.2, 0.25) is 0 Å². The van der Waals surface area contributed by atoms with E-state index in [-0.39, 0.29) is 11.8 Å². The SMILES string of the molecule is Cc1ccc(C2=C(Nc3ccccc3)C(=O)N(CCN3CCOCC3)C2=O)cc1. The van der Waals surface area contributed by atoms with E-state index in [1.807, 2.05) is 61.5 Å². The second-order valence-corrected chi connectivity index (χ2v) is 7.32. The number of nitrogens with one attached hydrogen (secondary N) is 1. The molecule has 2 aliphatic heterocycles. The summed E-state index contributed by atoms with van der Waals surface area (Å²) in [6.07, 6.45) is 0. The Kier molecular flexibility index (Phi) is 5.74. The molecule has 0 saturated carbocycles. The van der Waals surface area contributed by atoms with Gasteiger partial charge in [-0.25, -0.2) is 0 Å². The van der Waals surface area contributed by atoms with Crippen molar-refractivity contribution >= 4 is 23.1 Å². The summed E-state index contributed by atoms with van der Waals surface area (Å²) in [5, 5.41) is 3.19. The van der Waals surface area contributed by atoms with Gasteiger partial charge < -0.3 is 10.1 Å². The summed E-state index contributed by atoms with van der Waals surface area (Å²) in [7, 11) is 0. The zero-order chi connectivity index (χ0) is 20.2. The summed E-state index contributed by atoms with van der Waals surface area (Å²) < 4.78 is 5.37. The van der Waals surface area contributed by atoms with Crippen molar-refractivity contribution in [2.45, 2.75) is 6.92 Å². The van der Waals surface area contributed by atoms with Crippen LogP contribution >= 0.6 is 0 Å². The van der Waals surface area contributed by atoms with Crippen LogP contribution in [0.3, 0.4) is 0 Å². The fourth-order valence-corrected chi connectivity index (χ4v) is 3.62. The lowest BCUT2D eigenvalue weighted by Gasteiger charge is -2.28. The topological polar surface area (TPSA) is 61.9 Å². The van der Waals surface area contributed by atoms with Crippen molar-refractivity contribution in [1.29, 1.82) is 0 Å². The Bertz CT molecular complexity index is 916. The molecule has 4 rings (SSSR count). The Morgan fingerprint density at radius 2 is 1.59 bits per heavy atom. The van der Waals surface area contributed by atoms with Gasteiger partial charge in [0, 0.05) is 31.9 Å². The van der Waals surface area contributed by atoms with Crippen LogP contribution in [0.5, 0.6) is 0 Å². The molecule has 2 aromatic carbocycles. The van der Waals surface area contributed by atoms with Crippen LogP contribution in [-0.2, 0) is 14.3 Å². The number of amides is 2. The molecule has 6 heteroatoms. The molecule has 1 saturated heterocycles. The average molecular weight is 391 g/mol. The van der Waals surface area contributed by atoms with Gasteiger partial charge in [0.15, 0.2) is 0 Å². The van der Waals surface area contributed by atoms with Gasteiger partial charge in [0.25, 0.3) is 11.8 Å². The predicted molar refractivity (Wildman–Crippen MR) is 112 cm³/mol. The number of ether oxygens (including phenoxy) is 1. The number of imide groups is 1. The molecule has 1 fully saturated rings. The number of hydrogen-bond donors (Lipinski definition) is 1. The number of rotatable bonds is 6. The second-order valence-electron chi connectivity index (χ2n) is 7.32. The highest BCUT2D eigenvalue weighted by molar-refractivity contribution is 6.36. The molecule has 0 radical (unpaired) electrons. The molecule has 0 aliphatic carbocycles. The minimum Gasteiger partial charge on any atom is -0.379 e. The third-order valence-corrected chi connectivity index (χ3v) is 5.29. The number of hydrogen-bond acceptors (Lipinski definition) is 5. The van der Waals surface area contributed by atoms with Gasteiger partial charge in [-0.1, -0.05) is 48.0 Å². The summed E-state index contributed by atoms with van der Waals surface area (Å²) in [5.41, 5.74) is 3.41. The van der Waals surface area contributed by atoms with Crippen LogP contribution in [0.25, 0.3) is 5.57 Å². The number of anilines is 1. The van der Waals surface area contributed by atoms with Crippen molar-refractivity contribution in [3.63, 3.8) is 0 Å². The molecule has 2 aromatic rings. The van der Waals surface area contributed by atoms with Crippen LogP contribution < -0.4 is 5.32 Å². The largest absolute Gasteiger partial charge is 0.379 e. The molecule has 150 valence electrons. The maximum atomic E-state index is 13.2. The van der Waals surface area contributed by atoms with Gasteiger partial charge in [-0.3, -0.25) is 19.4 Å². The Hall–Kier alpha value is -2.96. The van der Waals surface area contributed by atoms with Gasteiger partial charge in [0.05, 0.1) is 18.8 Å². The van der Waals surface area contributed by atoms with E-state index in [1.54, 1.807) is 0 Å². The summed E-state index contributed by atoms with van der Waals surface area (Å²) in [6, 6.07) is 17.2. The first-order valence-corrected chi connectivity index (χ1v) is 9.93. The maximum absolute atomic E-state index is 13.2. The number of benzene rings is 2. The normalized spacial score (nSPS) is 17.9. The van der Waals surface area contributed by atoms with Crippen LogP contribution in [0, 0.1) is 6.92 Å². The van der Waals surface area contributed by atoms with Crippen molar-refractivity contribution in [1.82, 2.24) is 9.80 Å². The Balaban J connectivity index is 1.61. The van der Waals surface area contributed by atoms with Gasteiger partial charge in [0.1, 0.15) is 5.70 Å². The molecule has 1 N–H and O–H groups in total. The minimum atomic E-state index is -0.275. The molecule has 0 bridgehead atoms. The first-order chi connectivity index (χ1) is 14.1. The monoisotopic (exact) mass is 391 g/mol. The van der Waals surface area contributed by atoms with E-state index in [2.05, 4.69) is 10.2 Å². The van der Waals surface area contributed by atoms with Crippen molar-refractivity contribution in [2.24, 2.45) is 0 Å². The molecule has 0 unspecified atom stereocenters. The number of carbonyl (C=O) groups is 2. The lowest BCUT2D eigenvalue weighted by atomic mass is 10.0.